The van der Waals surface area contributed by atoms with Gasteiger partial charge < -0.3 is 15.6 Å². The van der Waals surface area contributed by atoms with Crippen molar-refractivity contribution in [2.45, 2.75) is 43.7 Å². The summed E-state index contributed by atoms with van der Waals surface area (Å²) in [6.07, 6.45) is 3.81. The van der Waals surface area contributed by atoms with Crippen LogP contribution in [0.1, 0.15) is 32.6 Å². The quantitative estimate of drug-likeness (QED) is 0.535. The third kappa shape index (κ3) is 1.30. The van der Waals surface area contributed by atoms with Crippen LogP contribution >= 0.6 is 0 Å². The largest absolute Gasteiger partial charge is 0.388 e. The molecule has 0 spiro atoms. The summed E-state index contributed by atoms with van der Waals surface area (Å²) in [5, 5.41) is 9.74. The van der Waals surface area contributed by atoms with E-state index in [1.165, 1.54) is 0 Å². The first kappa shape index (κ1) is 8.68. The van der Waals surface area contributed by atoms with Crippen molar-refractivity contribution in [2.75, 3.05) is 0 Å². The third-order valence-corrected chi connectivity index (χ3v) is 2.72. The van der Waals surface area contributed by atoms with Gasteiger partial charge in [0.05, 0.1) is 5.60 Å². The molecule has 64 valence electrons. The van der Waals surface area contributed by atoms with E-state index in [1.807, 2.05) is 0 Å². The maximum atomic E-state index is 10.6. The van der Waals surface area contributed by atoms with Gasteiger partial charge in [-0.2, -0.15) is 0 Å². The van der Waals surface area contributed by atoms with Gasteiger partial charge in [-0.25, -0.2) is 0 Å². The van der Waals surface area contributed by atoms with Gasteiger partial charge in [0.25, 0.3) is 0 Å². The molecule has 3 nitrogen and oxygen atoms in total. The molecular weight excluding hydrogens is 142 g/mol. The molecule has 1 fully saturated rings. The van der Waals surface area contributed by atoms with Gasteiger partial charge in [-0.15, -0.1) is 0 Å². The second kappa shape index (κ2) is 2.57. The van der Waals surface area contributed by atoms with E-state index in [0.717, 1.165) is 12.8 Å². The first-order chi connectivity index (χ1) is 5.02. The fourth-order valence-electron chi connectivity index (χ4n) is 1.57. The lowest BCUT2D eigenvalue weighted by molar-refractivity contribution is -0.125. The van der Waals surface area contributed by atoms with Gasteiger partial charge in [0.1, 0.15) is 11.8 Å². The van der Waals surface area contributed by atoms with E-state index in [0.29, 0.717) is 19.1 Å². The molecule has 0 bridgehead atoms. The second-order valence-electron chi connectivity index (χ2n) is 3.64. The number of carbonyl (C=O) groups excluding carboxylic acids is 1. The fourth-order valence-corrected chi connectivity index (χ4v) is 1.57. The van der Waals surface area contributed by atoms with Crippen LogP contribution in [0.15, 0.2) is 0 Å². The Labute approximate surface area is 66.6 Å². The van der Waals surface area contributed by atoms with E-state index in [4.69, 9.17) is 5.73 Å². The summed E-state index contributed by atoms with van der Waals surface area (Å²) in [5.41, 5.74) is 3.70. The number of hydrogen-bond donors (Lipinski definition) is 2. The summed E-state index contributed by atoms with van der Waals surface area (Å²) in [5.74, 6) is 0. The lowest BCUT2D eigenvalue weighted by Gasteiger charge is -2.42. The number of aliphatic hydroxyl groups is 1. The van der Waals surface area contributed by atoms with Crippen molar-refractivity contribution in [2.24, 2.45) is 5.73 Å². The van der Waals surface area contributed by atoms with Gasteiger partial charge in [0.15, 0.2) is 0 Å². The van der Waals surface area contributed by atoms with E-state index in [9.17, 15) is 9.90 Å². The molecular formula is C8H15NO2. The van der Waals surface area contributed by atoms with Gasteiger partial charge in [0.2, 0.25) is 0 Å². The molecule has 1 aliphatic rings. The van der Waals surface area contributed by atoms with Crippen molar-refractivity contribution >= 4 is 6.29 Å². The van der Waals surface area contributed by atoms with Crippen LogP contribution < -0.4 is 5.73 Å². The Hall–Kier alpha value is -0.410. The fraction of sp³-hybridized carbons (Fsp3) is 0.875. The van der Waals surface area contributed by atoms with Crippen molar-refractivity contribution in [3.8, 4) is 0 Å². The summed E-state index contributed by atoms with van der Waals surface area (Å²) < 4.78 is 0. The van der Waals surface area contributed by atoms with Crippen LogP contribution in [-0.4, -0.2) is 22.5 Å². The third-order valence-electron chi connectivity index (χ3n) is 2.72. The smallest absolute Gasteiger partial charge is 0.142 e. The predicted molar refractivity (Wildman–Crippen MR) is 42.1 cm³/mol. The Balaban J connectivity index is 2.82. The van der Waals surface area contributed by atoms with Gasteiger partial charge in [0, 0.05) is 0 Å². The number of carbonyl (C=O) groups is 1. The first-order valence-corrected chi connectivity index (χ1v) is 3.99. The minimum Gasteiger partial charge on any atom is -0.388 e. The maximum Gasteiger partial charge on any atom is 0.142 e. The molecule has 0 aromatic carbocycles. The minimum atomic E-state index is -1.01. The summed E-state index contributed by atoms with van der Waals surface area (Å²) in [6.45, 7) is 1.64. The van der Waals surface area contributed by atoms with Crippen molar-refractivity contribution < 1.29 is 9.90 Å². The normalized spacial score (nSPS) is 45.4. The van der Waals surface area contributed by atoms with E-state index in [1.54, 1.807) is 6.92 Å². The van der Waals surface area contributed by atoms with Crippen LogP contribution in [0, 0.1) is 0 Å². The monoisotopic (exact) mass is 157 g/mol. The first-order valence-electron chi connectivity index (χ1n) is 3.99. The van der Waals surface area contributed by atoms with E-state index in [2.05, 4.69) is 0 Å². The number of hydrogen-bond acceptors (Lipinski definition) is 3. The average molecular weight is 157 g/mol. The molecule has 2 atom stereocenters. The molecule has 0 radical (unpaired) electrons. The lowest BCUT2D eigenvalue weighted by atomic mass is 9.72. The number of nitrogens with two attached hydrogens (primary N) is 1. The number of aldehydes is 1. The molecule has 0 saturated heterocycles. The molecule has 0 unspecified atom stereocenters. The summed E-state index contributed by atoms with van der Waals surface area (Å²) in [6, 6.07) is 0. The molecule has 0 heterocycles. The molecule has 0 aliphatic heterocycles. The topological polar surface area (TPSA) is 63.3 Å². The van der Waals surface area contributed by atoms with Gasteiger partial charge in [-0.05, 0) is 19.8 Å². The van der Waals surface area contributed by atoms with Crippen LogP contribution in [0.5, 0.6) is 0 Å². The predicted octanol–water partition coefficient (Wildman–Crippen LogP) is 0.208. The summed E-state index contributed by atoms with van der Waals surface area (Å²) in [7, 11) is 0. The van der Waals surface area contributed by atoms with Crippen molar-refractivity contribution in [1.82, 2.24) is 0 Å². The van der Waals surface area contributed by atoms with E-state index < -0.39 is 11.1 Å². The Kier molecular flexibility index (Phi) is 2.03. The van der Waals surface area contributed by atoms with Crippen molar-refractivity contribution in [3.63, 3.8) is 0 Å². The van der Waals surface area contributed by atoms with Gasteiger partial charge in [-0.3, -0.25) is 0 Å². The van der Waals surface area contributed by atoms with Gasteiger partial charge >= 0.3 is 0 Å². The average Bonchev–Trinajstić information content (AvgIpc) is 1.95. The zero-order chi connectivity index (χ0) is 8.54. The van der Waals surface area contributed by atoms with Crippen molar-refractivity contribution in [3.05, 3.63) is 0 Å². The highest BCUT2D eigenvalue weighted by Gasteiger charge is 2.45. The van der Waals surface area contributed by atoms with E-state index in [-0.39, 0.29) is 0 Å². The lowest BCUT2D eigenvalue weighted by Crippen LogP contribution is -2.61. The Bertz CT molecular complexity index is 167. The molecule has 3 heteroatoms. The molecule has 11 heavy (non-hydrogen) atoms. The van der Waals surface area contributed by atoms with Crippen LogP contribution in [0.2, 0.25) is 0 Å². The zero-order valence-electron chi connectivity index (χ0n) is 6.84. The highest BCUT2D eigenvalue weighted by atomic mass is 16.3. The summed E-state index contributed by atoms with van der Waals surface area (Å²) in [4.78, 5) is 10.6. The molecule has 3 N–H and O–H groups in total. The van der Waals surface area contributed by atoms with Crippen LogP contribution in [0.3, 0.4) is 0 Å². The molecule has 0 aromatic heterocycles. The highest BCUT2D eigenvalue weighted by Crippen LogP contribution is 2.33. The standard InChI is InChI=1S/C8H15NO2/c1-7(11)4-2-3-5-8(7,9)6-10/h6,11H,2-5,9H2,1H3/t7-,8+/m1/s1. The molecule has 0 amide bonds. The highest BCUT2D eigenvalue weighted by molar-refractivity contribution is 5.66. The van der Waals surface area contributed by atoms with Crippen LogP contribution in [-0.2, 0) is 4.79 Å². The Morgan fingerprint density at radius 3 is 2.36 bits per heavy atom. The van der Waals surface area contributed by atoms with Gasteiger partial charge in [-0.1, -0.05) is 12.8 Å². The van der Waals surface area contributed by atoms with Crippen LogP contribution in [0.25, 0.3) is 0 Å². The van der Waals surface area contributed by atoms with Crippen molar-refractivity contribution in [1.29, 1.82) is 0 Å². The Morgan fingerprint density at radius 1 is 1.45 bits per heavy atom. The molecule has 0 aromatic rings. The molecule has 1 saturated carbocycles. The maximum absolute atomic E-state index is 10.6. The summed E-state index contributed by atoms with van der Waals surface area (Å²) >= 11 is 0. The second-order valence-corrected chi connectivity index (χ2v) is 3.64. The SMILES string of the molecule is C[C@@]1(O)CCCC[C@]1(N)C=O. The molecule has 1 rings (SSSR count). The number of rotatable bonds is 1. The van der Waals surface area contributed by atoms with Crippen LogP contribution in [0.4, 0.5) is 0 Å². The molecule has 1 aliphatic carbocycles. The van der Waals surface area contributed by atoms with E-state index >= 15 is 0 Å². The Morgan fingerprint density at radius 2 is 2.00 bits per heavy atom. The zero-order valence-corrected chi connectivity index (χ0v) is 6.84. The minimum absolute atomic E-state index is 0.601.